The van der Waals surface area contributed by atoms with E-state index < -0.39 is 5.97 Å². The molecule has 0 spiro atoms. The molecule has 0 bridgehead atoms. The fourth-order valence-corrected chi connectivity index (χ4v) is 2.45. The number of aromatic nitrogens is 1. The molecule has 7 heteroatoms. The maximum absolute atomic E-state index is 11.7. The highest BCUT2D eigenvalue weighted by Gasteiger charge is 2.16. The molecule has 2 rings (SSSR count). The van der Waals surface area contributed by atoms with Crippen molar-refractivity contribution < 1.29 is 14.3 Å². The van der Waals surface area contributed by atoms with Gasteiger partial charge in [0.25, 0.3) is 5.91 Å². The Hall–Kier alpha value is -1.73. The van der Waals surface area contributed by atoms with Gasteiger partial charge in [0.15, 0.2) is 0 Å². The quantitative estimate of drug-likeness (QED) is 0.867. The van der Waals surface area contributed by atoms with Crippen molar-refractivity contribution in [3.05, 3.63) is 32.9 Å². The monoisotopic (exact) mass is 268 g/mol. The minimum absolute atomic E-state index is 0.281. The zero-order valence-corrected chi connectivity index (χ0v) is 10.4. The lowest BCUT2D eigenvalue weighted by Gasteiger charge is -2.03. The molecule has 0 atom stereocenters. The molecule has 0 unspecified atom stereocenters. The van der Waals surface area contributed by atoms with E-state index in [2.05, 4.69) is 15.0 Å². The van der Waals surface area contributed by atoms with Gasteiger partial charge in [-0.2, -0.15) is 0 Å². The number of esters is 1. The van der Waals surface area contributed by atoms with Crippen LogP contribution in [0, 0.1) is 0 Å². The highest BCUT2D eigenvalue weighted by Crippen LogP contribution is 2.24. The second-order valence-corrected chi connectivity index (χ2v) is 4.78. The molecular weight excluding hydrogens is 260 g/mol. The van der Waals surface area contributed by atoms with Gasteiger partial charge in [-0.3, -0.25) is 9.78 Å². The summed E-state index contributed by atoms with van der Waals surface area (Å²) in [5, 5.41) is 4.37. The number of carbonyl (C=O) groups is 2. The largest absolute Gasteiger partial charge is 0.465 e. The molecule has 1 N–H and O–H groups in total. The zero-order valence-electron chi connectivity index (χ0n) is 8.80. The van der Waals surface area contributed by atoms with E-state index in [4.69, 9.17) is 0 Å². The number of methoxy groups -OCH3 is 1. The third kappa shape index (κ3) is 2.51. The second-order valence-electron chi connectivity index (χ2n) is 2.97. The Kier molecular flexibility index (Phi) is 3.50. The predicted molar refractivity (Wildman–Crippen MR) is 65.7 cm³/mol. The molecular formula is C10H8N2O3S2. The highest BCUT2D eigenvalue weighted by molar-refractivity contribution is 7.13. The Morgan fingerprint density at radius 2 is 2.24 bits per heavy atom. The number of thiophene rings is 1. The third-order valence-electron chi connectivity index (χ3n) is 1.94. The summed E-state index contributed by atoms with van der Waals surface area (Å²) in [7, 11) is 1.30. The number of hydrogen-bond acceptors (Lipinski definition) is 6. The molecule has 0 aliphatic heterocycles. The number of amides is 1. The lowest BCUT2D eigenvalue weighted by Crippen LogP contribution is -2.12. The number of thiazole rings is 1. The molecule has 0 saturated heterocycles. The van der Waals surface area contributed by atoms with E-state index >= 15 is 0 Å². The van der Waals surface area contributed by atoms with Gasteiger partial charge in [-0.25, -0.2) is 4.79 Å². The zero-order chi connectivity index (χ0) is 12.3. The standard InChI is InChI=1S/C10H8N2O3S2/c1-15-10(14)8-6(2-3-16-8)12-9(13)7-4-11-5-17-7/h2-5H,1H3,(H,12,13). The smallest absolute Gasteiger partial charge is 0.350 e. The first-order chi connectivity index (χ1) is 8.22. The van der Waals surface area contributed by atoms with Crippen molar-refractivity contribution in [3.63, 3.8) is 0 Å². The molecule has 17 heavy (non-hydrogen) atoms. The number of hydrogen-bond donors (Lipinski definition) is 1. The number of anilines is 1. The summed E-state index contributed by atoms with van der Waals surface area (Å²) in [6.45, 7) is 0. The van der Waals surface area contributed by atoms with Gasteiger partial charge >= 0.3 is 5.97 Å². The first kappa shape index (κ1) is 11.7. The van der Waals surface area contributed by atoms with Crippen LogP contribution in [0.1, 0.15) is 19.3 Å². The number of nitrogens with one attached hydrogen (secondary N) is 1. The average Bonchev–Trinajstić information content (AvgIpc) is 2.98. The van der Waals surface area contributed by atoms with E-state index in [-0.39, 0.29) is 5.91 Å². The van der Waals surface area contributed by atoms with Crippen LogP contribution in [0.15, 0.2) is 23.2 Å². The maximum atomic E-state index is 11.7. The normalized spacial score (nSPS) is 9.94. The van der Waals surface area contributed by atoms with E-state index in [1.165, 1.54) is 36.0 Å². The number of nitrogens with zero attached hydrogens (tertiary/aromatic N) is 1. The van der Waals surface area contributed by atoms with E-state index in [0.29, 0.717) is 15.4 Å². The van der Waals surface area contributed by atoms with Crippen molar-refractivity contribution in [3.8, 4) is 0 Å². The summed E-state index contributed by atoms with van der Waals surface area (Å²) in [6.07, 6.45) is 1.48. The van der Waals surface area contributed by atoms with Gasteiger partial charge in [0.2, 0.25) is 0 Å². The van der Waals surface area contributed by atoms with Gasteiger partial charge in [0, 0.05) is 0 Å². The van der Waals surface area contributed by atoms with Crippen molar-refractivity contribution in [1.29, 1.82) is 0 Å². The van der Waals surface area contributed by atoms with Crippen LogP contribution < -0.4 is 5.32 Å². The van der Waals surface area contributed by atoms with Crippen molar-refractivity contribution in [2.75, 3.05) is 12.4 Å². The van der Waals surface area contributed by atoms with Gasteiger partial charge in [0.1, 0.15) is 9.75 Å². The van der Waals surface area contributed by atoms with Crippen molar-refractivity contribution in [2.45, 2.75) is 0 Å². The van der Waals surface area contributed by atoms with Crippen LogP contribution in [0.2, 0.25) is 0 Å². The average molecular weight is 268 g/mol. The van der Waals surface area contributed by atoms with Crippen LogP contribution in [-0.2, 0) is 4.74 Å². The minimum atomic E-state index is -0.459. The van der Waals surface area contributed by atoms with Gasteiger partial charge in [-0.05, 0) is 11.4 Å². The van der Waals surface area contributed by atoms with Crippen LogP contribution in [0.4, 0.5) is 5.69 Å². The molecule has 0 fully saturated rings. The fourth-order valence-electron chi connectivity index (χ4n) is 1.17. The van der Waals surface area contributed by atoms with Crippen LogP contribution in [-0.4, -0.2) is 24.0 Å². The summed E-state index contributed by atoms with van der Waals surface area (Å²) in [5.41, 5.74) is 2.03. The van der Waals surface area contributed by atoms with E-state index in [9.17, 15) is 9.59 Å². The maximum Gasteiger partial charge on any atom is 0.350 e. The summed E-state index contributed by atoms with van der Waals surface area (Å²) in [4.78, 5) is 27.8. The molecule has 0 saturated carbocycles. The SMILES string of the molecule is COC(=O)c1sccc1NC(=O)c1cncs1. The minimum Gasteiger partial charge on any atom is -0.465 e. The highest BCUT2D eigenvalue weighted by atomic mass is 32.1. The summed E-state index contributed by atoms with van der Waals surface area (Å²) in [6, 6.07) is 1.66. The molecule has 2 aromatic rings. The van der Waals surface area contributed by atoms with Crippen molar-refractivity contribution in [1.82, 2.24) is 4.98 Å². The molecule has 0 aromatic carbocycles. The van der Waals surface area contributed by atoms with Crippen LogP contribution in [0.25, 0.3) is 0 Å². The van der Waals surface area contributed by atoms with Crippen LogP contribution >= 0.6 is 22.7 Å². The van der Waals surface area contributed by atoms with Crippen molar-refractivity contribution in [2.24, 2.45) is 0 Å². The van der Waals surface area contributed by atoms with Crippen molar-refractivity contribution >= 4 is 40.2 Å². The van der Waals surface area contributed by atoms with Gasteiger partial charge in [-0.1, -0.05) is 0 Å². The molecule has 2 aromatic heterocycles. The first-order valence-corrected chi connectivity index (χ1v) is 6.34. The molecule has 0 aliphatic carbocycles. The van der Waals surface area contributed by atoms with Crippen LogP contribution in [0.3, 0.4) is 0 Å². The lowest BCUT2D eigenvalue weighted by molar-refractivity contribution is 0.0607. The second kappa shape index (κ2) is 5.07. The lowest BCUT2D eigenvalue weighted by atomic mass is 10.3. The van der Waals surface area contributed by atoms with E-state index in [1.807, 2.05) is 0 Å². The summed E-state index contributed by atoms with van der Waals surface area (Å²) < 4.78 is 4.62. The summed E-state index contributed by atoms with van der Waals surface area (Å²) in [5.74, 6) is -0.740. The molecule has 0 radical (unpaired) electrons. The number of rotatable bonds is 3. The molecule has 2 heterocycles. The van der Waals surface area contributed by atoms with Gasteiger partial charge in [0.05, 0.1) is 24.5 Å². The Morgan fingerprint density at radius 3 is 2.88 bits per heavy atom. The van der Waals surface area contributed by atoms with Crippen LogP contribution in [0.5, 0.6) is 0 Å². The Bertz CT molecular complexity index is 534. The Morgan fingerprint density at radius 1 is 1.41 bits per heavy atom. The molecule has 5 nitrogen and oxygen atoms in total. The van der Waals surface area contributed by atoms with E-state index in [1.54, 1.807) is 17.0 Å². The molecule has 1 amide bonds. The molecule has 0 aliphatic rings. The Balaban J connectivity index is 2.17. The topological polar surface area (TPSA) is 68.3 Å². The summed E-state index contributed by atoms with van der Waals surface area (Å²) >= 11 is 2.46. The first-order valence-electron chi connectivity index (χ1n) is 4.58. The number of carbonyl (C=O) groups excluding carboxylic acids is 2. The van der Waals surface area contributed by atoms with Gasteiger partial charge in [-0.15, -0.1) is 22.7 Å². The predicted octanol–water partition coefficient (Wildman–Crippen LogP) is 2.24. The fraction of sp³-hybridized carbons (Fsp3) is 0.100. The number of ether oxygens (including phenoxy) is 1. The Labute approximate surface area is 105 Å². The van der Waals surface area contributed by atoms with Gasteiger partial charge < -0.3 is 10.1 Å². The molecule has 88 valence electrons. The third-order valence-corrected chi connectivity index (χ3v) is 3.61. The van der Waals surface area contributed by atoms with E-state index in [0.717, 1.165) is 0 Å².